The highest BCUT2D eigenvalue weighted by Crippen LogP contribution is 2.46. The quantitative estimate of drug-likeness (QED) is 0.365. The van der Waals surface area contributed by atoms with Crippen molar-refractivity contribution in [2.24, 2.45) is 11.8 Å². The number of halogens is 1. The molecule has 3 aromatic carbocycles. The van der Waals surface area contributed by atoms with Crippen LogP contribution in [0, 0.1) is 24.6 Å². The van der Waals surface area contributed by atoms with Gasteiger partial charge in [-0.1, -0.05) is 24.3 Å². The number of nitrogens with zero attached hydrogens (tertiary/aromatic N) is 2. The smallest absolute Gasteiger partial charge is 0.257 e. The van der Waals surface area contributed by atoms with Crippen LogP contribution in [0.5, 0.6) is 0 Å². The number of aryl methyl sites for hydroxylation is 1. The number of carbonyl (C=O) groups is 2. The van der Waals surface area contributed by atoms with E-state index in [1.165, 1.54) is 6.07 Å². The lowest BCUT2D eigenvalue weighted by molar-refractivity contribution is -0.124. The summed E-state index contributed by atoms with van der Waals surface area (Å²) in [5.41, 5.74) is 4.12. The summed E-state index contributed by atoms with van der Waals surface area (Å²) >= 11 is 0. The molecule has 3 aliphatic heterocycles. The van der Waals surface area contributed by atoms with E-state index >= 15 is 4.39 Å². The summed E-state index contributed by atoms with van der Waals surface area (Å²) in [5, 5.41) is 6.70. The third-order valence-corrected chi connectivity index (χ3v) is 9.26. The molecule has 3 heterocycles. The van der Waals surface area contributed by atoms with Crippen molar-refractivity contribution >= 4 is 28.9 Å². The first-order chi connectivity index (χ1) is 21.3. The summed E-state index contributed by atoms with van der Waals surface area (Å²) in [5.74, 6) is -1.76. The van der Waals surface area contributed by atoms with Gasteiger partial charge in [-0.3, -0.25) is 9.59 Å². The average Bonchev–Trinajstić information content (AvgIpc) is 3.50. The number of anilines is 3. The molecule has 3 fully saturated rings. The van der Waals surface area contributed by atoms with Crippen LogP contribution in [-0.2, 0) is 14.3 Å². The number of piperidine rings is 1. The minimum atomic E-state index is -0.609. The molecule has 3 saturated heterocycles. The maximum Gasteiger partial charge on any atom is 0.257 e. The largest absolute Gasteiger partial charge is 0.382 e. The second kappa shape index (κ2) is 13.0. The highest BCUT2D eigenvalue weighted by Gasteiger charge is 2.51. The molecule has 9 heteroatoms. The van der Waals surface area contributed by atoms with Crippen LogP contribution >= 0.6 is 0 Å². The molecule has 3 aromatic rings. The van der Waals surface area contributed by atoms with Crippen molar-refractivity contribution in [1.29, 1.82) is 0 Å². The van der Waals surface area contributed by atoms with Gasteiger partial charge in [-0.25, -0.2) is 4.39 Å². The van der Waals surface area contributed by atoms with Gasteiger partial charge in [0.15, 0.2) is 0 Å². The van der Waals surface area contributed by atoms with Gasteiger partial charge in [-0.05, 0) is 79.8 Å². The van der Waals surface area contributed by atoms with E-state index in [1.807, 2.05) is 67.5 Å². The number of nitrogens with one attached hydrogen (secondary N) is 2. The van der Waals surface area contributed by atoms with Crippen molar-refractivity contribution in [3.8, 4) is 0 Å². The number of amides is 2. The molecule has 4 atom stereocenters. The molecule has 0 bridgehead atoms. The molecule has 0 spiro atoms. The van der Waals surface area contributed by atoms with Gasteiger partial charge in [0.1, 0.15) is 5.82 Å². The third-order valence-electron chi connectivity index (χ3n) is 9.26. The van der Waals surface area contributed by atoms with Crippen LogP contribution in [0.25, 0.3) is 0 Å². The normalized spacial score (nSPS) is 23.6. The summed E-state index contributed by atoms with van der Waals surface area (Å²) in [6.07, 6.45) is 2.43. The summed E-state index contributed by atoms with van der Waals surface area (Å²) in [6, 6.07) is 19.8. The number of hydrogen-bond donors (Lipinski definition) is 2. The average molecular weight is 601 g/mol. The fourth-order valence-electron chi connectivity index (χ4n) is 6.86. The van der Waals surface area contributed by atoms with E-state index in [4.69, 9.17) is 9.47 Å². The second-order valence-electron chi connectivity index (χ2n) is 12.4. The number of hydrogen-bond acceptors (Lipinski definition) is 6. The van der Waals surface area contributed by atoms with Crippen molar-refractivity contribution in [3.05, 3.63) is 89.2 Å². The summed E-state index contributed by atoms with van der Waals surface area (Å²) in [4.78, 5) is 32.3. The van der Waals surface area contributed by atoms with Crippen LogP contribution in [0.2, 0.25) is 0 Å². The van der Waals surface area contributed by atoms with E-state index in [2.05, 4.69) is 10.6 Å². The van der Waals surface area contributed by atoms with Crippen molar-refractivity contribution in [3.63, 3.8) is 0 Å². The molecule has 0 aliphatic carbocycles. The van der Waals surface area contributed by atoms with Gasteiger partial charge in [0, 0.05) is 56.3 Å². The van der Waals surface area contributed by atoms with E-state index in [-0.39, 0.29) is 23.4 Å². The predicted octanol–water partition coefficient (Wildman–Crippen LogP) is 5.65. The highest BCUT2D eigenvalue weighted by molar-refractivity contribution is 5.98. The van der Waals surface area contributed by atoms with Crippen molar-refractivity contribution < 1.29 is 23.5 Å². The maximum atomic E-state index is 15.3. The topological polar surface area (TPSA) is 83.1 Å². The van der Waals surface area contributed by atoms with Gasteiger partial charge >= 0.3 is 0 Å². The first-order valence-corrected chi connectivity index (χ1v) is 15.5. The molecular formula is C35H41FN4O4. The van der Waals surface area contributed by atoms with Crippen molar-refractivity contribution in [1.82, 2.24) is 4.90 Å². The lowest BCUT2D eigenvalue weighted by Gasteiger charge is -2.47. The van der Waals surface area contributed by atoms with Crippen molar-refractivity contribution in [2.45, 2.75) is 44.3 Å². The predicted molar refractivity (Wildman–Crippen MR) is 170 cm³/mol. The van der Waals surface area contributed by atoms with Gasteiger partial charge in [0.25, 0.3) is 5.91 Å². The Morgan fingerprint density at radius 3 is 2.30 bits per heavy atom. The van der Waals surface area contributed by atoms with Crippen LogP contribution in [0.4, 0.5) is 21.5 Å². The minimum absolute atomic E-state index is 0.0383. The van der Waals surface area contributed by atoms with E-state index in [1.54, 1.807) is 24.0 Å². The number of rotatable bonds is 7. The highest BCUT2D eigenvalue weighted by atomic mass is 19.1. The molecule has 0 radical (unpaired) electrons. The Bertz CT molecular complexity index is 1450. The fourth-order valence-corrected chi connectivity index (χ4v) is 6.86. The van der Waals surface area contributed by atoms with Crippen molar-refractivity contribution in [2.75, 3.05) is 56.1 Å². The zero-order valence-electron chi connectivity index (χ0n) is 25.6. The molecule has 2 amide bonds. The number of likely N-dealkylation sites (tertiary alicyclic amines) is 1. The van der Waals surface area contributed by atoms with E-state index in [0.29, 0.717) is 36.9 Å². The number of fused-ring (bicyclic) bond motifs is 1. The minimum Gasteiger partial charge on any atom is -0.382 e. The molecule has 232 valence electrons. The van der Waals surface area contributed by atoms with E-state index in [0.717, 1.165) is 43.0 Å². The monoisotopic (exact) mass is 600 g/mol. The Kier molecular flexibility index (Phi) is 8.86. The molecular weight excluding hydrogens is 559 g/mol. The molecule has 6 rings (SSSR count). The fraction of sp³-hybridized carbons (Fsp3) is 0.429. The van der Waals surface area contributed by atoms with Gasteiger partial charge < -0.3 is 29.9 Å². The molecule has 44 heavy (non-hydrogen) atoms. The summed E-state index contributed by atoms with van der Waals surface area (Å²) in [7, 11) is 3.93. The van der Waals surface area contributed by atoms with Crippen LogP contribution in [0.3, 0.4) is 0 Å². The second-order valence-corrected chi connectivity index (χ2v) is 12.4. The Labute approximate surface area is 258 Å². The lowest BCUT2D eigenvalue weighted by atomic mass is 9.76. The lowest BCUT2D eigenvalue weighted by Crippen LogP contribution is -2.55. The van der Waals surface area contributed by atoms with Gasteiger partial charge in [0.05, 0.1) is 36.8 Å². The van der Waals surface area contributed by atoms with E-state index in [9.17, 15) is 9.59 Å². The Morgan fingerprint density at radius 2 is 1.61 bits per heavy atom. The number of benzene rings is 3. The van der Waals surface area contributed by atoms with Crippen LogP contribution in [0.15, 0.2) is 66.7 Å². The summed E-state index contributed by atoms with van der Waals surface area (Å²) in [6.45, 7) is 4.03. The Hall–Kier alpha value is -3.95. The first-order valence-electron chi connectivity index (χ1n) is 15.5. The van der Waals surface area contributed by atoms with Gasteiger partial charge in [-0.2, -0.15) is 0 Å². The molecule has 2 N–H and O–H groups in total. The van der Waals surface area contributed by atoms with E-state index < -0.39 is 23.7 Å². The van der Waals surface area contributed by atoms with Gasteiger partial charge in [0.2, 0.25) is 5.91 Å². The Balaban J connectivity index is 1.36. The molecule has 8 nitrogen and oxygen atoms in total. The van der Waals surface area contributed by atoms with Crippen LogP contribution in [0.1, 0.15) is 46.8 Å². The maximum absolute atomic E-state index is 15.3. The summed E-state index contributed by atoms with van der Waals surface area (Å²) < 4.78 is 26.6. The van der Waals surface area contributed by atoms with Crippen LogP contribution in [-0.4, -0.2) is 69.3 Å². The molecule has 0 saturated carbocycles. The SMILES string of the molecule is Cc1cccc(F)c1C(=O)N1C(c2ccc(NC3CCOCC3)cc2)C(C(=O)Nc2ccc(N(C)C)cc2)C[C@@H]2COC[C@@H]21. The van der Waals surface area contributed by atoms with Crippen LogP contribution < -0.4 is 15.5 Å². The molecule has 3 aliphatic rings. The Morgan fingerprint density at radius 1 is 0.909 bits per heavy atom. The standard InChI is InChI=1S/C35H41FN4O4/c1-22-5-4-6-30(36)32(22)35(42)40-31-21-44-20-24(31)19-29(34(41)38-26-11-13-28(14-12-26)39(2)3)33(40)23-7-9-25(10-8-23)37-27-15-17-43-18-16-27/h4-14,24,27,29,31,33,37H,15-21H2,1-3H3,(H,38,41)/t24-,29?,31+,33?/m1/s1. The zero-order chi connectivity index (χ0) is 30.8. The number of ether oxygens (including phenoxy) is 2. The third kappa shape index (κ3) is 6.16. The van der Waals surface area contributed by atoms with Gasteiger partial charge in [-0.15, -0.1) is 0 Å². The molecule has 2 unspecified atom stereocenters. The molecule has 0 aromatic heterocycles. The first kappa shape index (κ1) is 30.1. The number of carbonyl (C=O) groups excluding carboxylic acids is 2. The zero-order valence-corrected chi connectivity index (χ0v) is 25.6.